The minimum absolute atomic E-state index is 0.138. The molecule has 2 aromatic carbocycles. The smallest absolute Gasteiger partial charge is 0.260 e. The largest absolute Gasteiger partial charge is 0.497 e. The van der Waals surface area contributed by atoms with Crippen molar-refractivity contribution < 1.29 is 22.7 Å². The van der Waals surface area contributed by atoms with Gasteiger partial charge in [0, 0.05) is 24.8 Å². The van der Waals surface area contributed by atoms with Gasteiger partial charge >= 0.3 is 0 Å². The summed E-state index contributed by atoms with van der Waals surface area (Å²) in [7, 11) is -2.12. The lowest BCUT2D eigenvalue weighted by Crippen LogP contribution is -2.48. The van der Waals surface area contributed by atoms with Crippen LogP contribution in [0, 0.1) is 0 Å². The molecule has 1 fully saturated rings. The molecule has 1 aliphatic heterocycles. The molecule has 9 nitrogen and oxygen atoms in total. The lowest BCUT2D eigenvalue weighted by Gasteiger charge is -2.34. The Labute approximate surface area is 225 Å². The van der Waals surface area contributed by atoms with Crippen molar-refractivity contribution in [2.24, 2.45) is 0 Å². The first-order chi connectivity index (χ1) is 18.2. The second-order valence-corrected chi connectivity index (χ2v) is 12.1. The molecule has 2 atom stereocenters. The summed E-state index contributed by atoms with van der Waals surface area (Å²) in [6.07, 6.45) is 1.29. The molecule has 198 valence electrons. The summed E-state index contributed by atoms with van der Waals surface area (Å²) < 4.78 is 39.8. The number of nitrogens with zero attached hydrogens (tertiary/aromatic N) is 4. The Balaban J connectivity index is 1.45. The van der Waals surface area contributed by atoms with Gasteiger partial charge in [-0.15, -0.1) is 0 Å². The van der Waals surface area contributed by atoms with Gasteiger partial charge in [0.1, 0.15) is 5.75 Å². The standard InChI is InChI=1S/C27H28N4O5S2/c1-18-15-30(16-19(2)36-18)38(33,34)23-10-7-20(8-11-23)26(32)31(17-21-6-4-5-13-28-21)27-29-24-12-9-22(35-3)14-25(24)37-27/h4-14,18-19H,15-17H2,1-3H3. The molecule has 5 rings (SSSR count). The van der Waals surface area contributed by atoms with Crippen molar-refractivity contribution in [3.8, 4) is 5.75 Å². The number of carbonyl (C=O) groups is 1. The van der Waals surface area contributed by atoms with Crippen LogP contribution in [0.4, 0.5) is 5.13 Å². The van der Waals surface area contributed by atoms with Crippen LogP contribution in [0.5, 0.6) is 5.75 Å². The number of amides is 1. The minimum Gasteiger partial charge on any atom is -0.497 e. The molecule has 2 aromatic heterocycles. The van der Waals surface area contributed by atoms with Crippen LogP contribution < -0.4 is 9.64 Å². The van der Waals surface area contributed by atoms with E-state index in [1.165, 1.54) is 27.8 Å². The van der Waals surface area contributed by atoms with E-state index in [2.05, 4.69) is 9.97 Å². The van der Waals surface area contributed by atoms with Crippen molar-refractivity contribution in [1.29, 1.82) is 0 Å². The molecule has 38 heavy (non-hydrogen) atoms. The minimum atomic E-state index is -3.72. The van der Waals surface area contributed by atoms with Crippen molar-refractivity contribution in [1.82, 2.24) is 14.3 Å². The monoisotopic (exact) mass is 552 g/mol. The highest BCUT2D eigenvalue weighted by atomic mass is 32.2. The van der Waals surface area contributed by atoms with Crippen LogP contribution in [0.15, 0.2) is 71.8 Å². The Bertz CT molecular complexity index is 1530. The van der Waals surface area contributed by atoms with Crippen molar-refractivity contribution in [2.45, 2.75) is 37.5 Å². The van der Waals surface area contributed by atoms with Gasteiger partial charge in [0.25, 0.3) is 5.91 Å². The highest BCUT2D eigenvalue weighted by Gasteiger charge is 2.32. The second-order valence-electron chi connectivity index (χ2n) is 9.15. The number of pyridine rings is 1. The van der Waals surface area contributed by atoms with E-state index in [9.17, 15) is 13.2 Å². The molecule has 3 heterocycles. The average molecular weight is 553 g/mol. The number of hydrogen-bond donors (Lipinski definition) is 0. The van der Waals surface area contributed by atoms with E-state index < -0.39 is 10.0 Å². The van der Waals surface area contributed by atoms with E-state index in [0.717, 1.165) is 10.2 Å². The summed E-state index contributed by atoms with van der Waals surface area (Å²) in [6, 6.07) is 17.1. The molecular formula is C27H28N4O5S2. The highest BCUT2D eigenvalue weighted by molar-refractivity contribution is 7.89. The molecule has 1 amide bonds. The number of thiazole rings is 1. The highest BCUT2D eigenvalue weighted by Crippen LogP contribution is 2.33. The fourth-order valence-electron chi connectivity index (χ4n) is 4.42. The van der Waals surface area contributed by atoms with Crippen LogP contribution in [0.1, 0.15) is 29.9 Å². The number of benzene rings is 2. The number of ether oxygens (including phenoxy) is 2. The molecule has 0 saturated carbocycles. The summed E-state index contributed by atoms with van der Waals surface area (Å²) in [6.45, 7) is 4.49. The van der Waals surface area contributed by atoms with E-state index in [1.54, 1.807) is 30.3 Å². The fraction of sp³-hybridized carbons (Fsp3) is 0.296. The fourth-order valence-corrected chi connectivity index (χ4v) is 7.00. The van der Waals surface area contributed by atoms with Gasteiger partial charge in [-0.1, -0.05) is 17.4 Å². The number of morpholine rings is 1. The van der Waals surface area contributed by atoms with Gasteiger partial charge in [0.05, 0.1) is 46.7 Å². The summed E-state index contributed by atoms with van der Waals surface area (Å²) in [5.41, 5.74) is 1.80. The first-order valence-electron chi connectivity index (χ1n) is 12.2. The second kappa shape index (κ2) is 10.8. The topological polar surface area (TPSA) is 102 Å². The van der Waals surface area contributed by atoms with Gasteiger partial charge in [-0.2, -0.15) is 4.31 Å². The maximum atomic E-state index is 13.8. The molecular weight excluding hydrogens is 524 g/mol. The maximum absolute atomic E-state index is 13.8. The maximum Gasteiger partial charge on any atom is 0.260 e. The summed E-state index contributed by atoms with van der Waals surface area (Å²) in [5, 5.41) is 0.511. The predicted octanol–water partition coefficient (Wildman–Crippen LogP) is 4.34. The molecule has 1 aliphatic rings. The Morgan fingerprint density at radius 2 is 1.84 bits per heavy atom. The zero-order valence-corrected chi connectivity index (χ0v) is 22.9. The van der Waals surface area contributed by atoms with Crippen LogP contribution in [0.3, 0.4) is 0 Å². The van der Waals surface area contributed by atoms with E-state index in [1.807, 2.05) is 50.2 Å². The van der Waals surface area contributed by atoms with Crippen molar-refractivity contribution in [3.63, 3.8) is 0 Å². The van der Waals surface area contributed by atoms with Gasteiger partial charge in [0.15, 0.2) is 5.13 Å². The molecule has 2 unspecified atom stereocenters. The Kier molecular flexibility index (Phi) is 7.44. The Morgan fingerprint density at radius 3 is 2.50 bits per heavy atom. The number of sulfonamides is 1. The Morgan fingerprint density at radius 1 is 1.11 bits per heavy atom. The normalized spacial score (nSPS) is 18.4. The van der Waals surface area contributed by atoms with Crippen LogP contribution >= 0.6 is 11.3 Å². The molecule has 0 N–H and O–H groups in total. The van der Waals surface area contributed by atoms with Gasteiger partial charge in [-0.05, 0) is 68.4 Å². The zero-order valence-electron chi connectivity index (χ0n) is 21.3. The van der Waals surface area contributed by atoms with Gasteiger partial charge in [-0.3, -0.25) is 14.7 Å². The van der Waals surface area contributed by atoms with Gasteiger partial charge in [0.2, 0.25) is 10.0 Å². The van der Waals surface area contributed by atoms with Crippen LogP contribution in [0.25, 0.3) is 10.2 Å². The SMILES string of the molecule is COc1ccc2nc(N(Cc3ccccn3)C(=O)c3ccc(S(=O)(=O)N4CC(C)OC(C)C4)cc3)sc2c1. The number of aromatic nitrogens is 2. The average Bonchev–Trinajstić information content (AvgIpc) is 3.34. The molecule has 0 bridgehead atoms. The number of hydrogen-bond acceptors (Lipinski definition) is 8. The van der Waals surface area contributed by atoms with Crippen LogP contribution in [0.2, 0.25) is 0 Å². The molecule has 1 saturated heterocycles. The zero-order chi connectivity index (χ0) is 26.9. The van der Waals surface area contributed by atoms with Crippen molar-refractivity contribution in [2.75, 3.05) is 25.1 Å². The van der Waals surface area contributed by atoms with Gasteiger partial charge < -0.3 is 9.47 Å². The lowest BCUT2D eigenvalue weighted by atomic mass is 10.2. The van der Waals surface area contributed by atoms with Gasteiger partial charge in [-0.25, -0.2) is 13.4 Å². The lowest BCUT2D eigenvalue weighted by molar-refractivity contribution is -0.0440. The Hall–Kier alpha value is -3.38. The van der Waals surface area contributed by atoms with E-state index in [0.29, 0.717) is 22.1 Å². The quantitative estimate of drug-likeness (QED) is 0.336. The predicted molar refractivity (Wildman–Crippen MR) is 146 cm³/mol. The van der Waals surface area contributed by atoms with E-state index in [-0.39, 0.29) is 42.6 Å². The van der Waals surface area contributed by atoms with Crippen LogP contribution in [-0.2, 0) is 21.3 Å². The number of carbonyl (C=O) groups excluding carboxylic acids is 1. The summed E-state index contributed by atoms with van der Waals surface area (Å²) >= 11 is 1.38. The first-order valence-corrected chi connectivity index (χ1v) is 14.4. The molecule has 0 aliphatic carbocycles. The molecule has 4 aromatic rings. The van der Waals surface area contributed by atoms with Crippen molar-refractivity contribution >= 4 is 42.6 Å². The molecule has 11 heteroatoms. The van der Waals surface area contributed by atoms with Crippen LogP contribution in [-0.4, -0.2) is 61.0 Å². The number of methoxy groups -OCH3 is 1. The summed E-state index contributed by atoms with van der Waals surface area (Å²) in [4.78, 5) is 24.5. The number of fused-ring (bicyclic) bond motifs is 1. The third-order valence-electron chi connectivity index (χ3n) is 6.23. The number of anilines is 1. The van der Waals surface area contributed by atoms with Crippen molar-refractivity contribution in [3.05, 3.63) is 78.1 Å². The molecule has 0 spiro atoms. The molecule has 0 radical (unpaired) electrons. The van der Waals surface area contributed by atoms with E-state index >= 15 is 0 Å². The number of rotatable bonds is 7. The first kappa shape index (κ1) is 26.2. The summed E-state index contributed by atoms with van der Waals surface area (Å²) in [5.74, 6) is 0.399. The van der Waals surface area contributed by atoms with E-state index in [4.69, 9.17) is 9.47 Å². The third kappa shape index (κ3) is 5.41. The third-order valence-corrected chi connectivity index (χ3v) is 9.12.